The lowest BCUT2D eigenvalue weighted by atomic mass is 9.98. The van der Waals surface area contributed by atoms with Crippen LogP contribution in [0.15, 0.2) is 24.5 Å². The van der Waals surface area contributed by atoms with Crippen LogP contribution in [0.5, 0.6) is 0 Å². The molecule has 0 aliphatic carbocycles. The minimum absolute atomic E-state index is 0.162. The van der Waals surface area contributed by atoms with Gasteiger partial charge in [0.2, 0.25) is 5.91 Å². The van der Waals surface area contributed by atoms with E-state index < -0.39 is 0 Å². The van der Waals surface area contributed by atoms with E-state index in [0.29, 0.717) is 13.0 Å². The Morgan fingerprint density at radius 2 is 2.29 bits per heavy atom. The Labute approximate surface area is 102 Å². The predicted molar refractivity (Wildman–Crippen MR) is 66.4 cm³/mol. The highest BCUT2D eigenvalue weighted by atomic mass is 16.2. The summed E-state index contributed by atoms with van der Waals surface area (Å²) in [5.74, 6) is 0.449. The quantitative estimate of drug-likeness (QED) is 0.851. The van der Waals surface area contributed by atoms with Crippen molar-refractivity contribution >= 4 is 5.91 Å². The number of hydrogen-bond donors (Lipinski definition) is 1. The molecule has 17 heavy (non-hydrogen) atoms. The van der Waals surface area contributed by atoms with Gasteiger partial charge in [0.15, 0.2) is 0 Å². The molecule has 2 rings (SSSR count). The highest BCUT2D eigenvalue weighted by molar-refractivity contribution is 5.77. The second-order valence-electron chi connectivity index (χ2n) is 4.77. The first-order chi connectivity index (χ1) is 8.16. The Bertz CT molecular complexity index is 380. The lowest BCUT2D eigenvalue weighted by Gasteiger charge is -2.18. The average Bonchev–Trinajstić information content (AvgIpc) is 2.77. The summed E-state index contributed by atoms with van der Waals surface area (Å²) in [5.41, 5.74) is 6.97. The van der Waals surface area contributed by atoms with Crippen LogP contribution >= 0.6 is 0 Å². The molecule has 0 unspecified atom stereocenters. The zero-order valence-corrected chi connectivity index (χ0v) is 10.2. The fourth-order valence-electron chi connectivity index (χ4n) is 2.21. The van der Waals surface area contributed by atoms with Crippen molar-refractivity contribution in [1.29, 1.82) is 0 Å². The number of pyridine rings is 1. The summed E-state index contributed by atoms with van der Waals surface area (Å²) >= 11 is 0. The molecule has 0 spiro atoms. The van der Waals surface area contributed by atoms with Crippen LogP contribution in [0.4, 0.5) is 0 Å². The standard InChI is InChI=1S/C13H19N3O/c1-10(11-2-5-15-6-3-11)8-13(17)16-7-4-12(14)9-16/h2-3,5-6,10,12H,4,7-9,14H2,1H3/t10-,12+/m0/s1. The second-order valence-corrected chi connectivity index (χ2v) is 4.77. The minimum atomic E-state index is 0.162. The Balaban J connectivity index is 1.91. The van der Waals surface area contributed by atoms with Gasteiger partial charge >= 0.3 is 0 Å². The molecule has 1 amide bonds. The van der Waals surface area contributed by atoms with E-state index in [1.54, 1.807) is 12.4 Å². The molecule has 1 saturated heterocycles. The molecule has 1 aliphatic rings. The Hall–Kier alpha value is -1.42. The van der Waals surface area contributed by atoms with Crippen LogP contribution in [0.2, 0.25) is 0 Å². The molecule has 4 nitrogen and oxygen atoms in total. The van der Waals surface area contributed by atoms with Crippen molar-refractivity contribution in [1.82, 2.24) is 9.88 Å². The SMILES string of the molecule is C[C@@H](CC(=O)N1CC[C@@H](N)C1)c1ccncc1. The normalized spacial score (nSPS) is 21.5. The van der Waals surface area contributed by atoms with Gasteiger partial charge in [-0.25, -0.2) is 0 Å². The lowest BCUT2D eigenvalue weighted by Crippen LogP contribution is -2.32. The van der Waals surface area contributed by atoms with Gasteiger partial charge in [0, 0.05) is 37.9 Å². The maximum atomic E-state index is 12.0. The smallest absolute Gasteiger partial charge is 0.223 e. The number of carbonyl (C=O) groups is 1. The Morgan fingerprint density at radius 3 is 2.88 bits per heavy atom. The molecule has 4 heteroatoms. The van der Waals surface area contributed by atoms with Crippen LogP contribution < -0.4 is 5.73 Å². The van der Waals surface area contributed by atoms with E-state index >= 15 is 0 Å². The van der Waals surface area contributed by atoms with Crippen LogP contribution in [0.1, 0.15) is 31.2 Å². The molecule has 2 atom stereocenters. The van der Waals surface area contributed by atoms with E-state index in [9.17, 15) is 4.79 Å². The van der Waals surface area contributed by atoms with E-state index in [1.165, 1.54) is 0 Å². The summed E-state index contributed by atoms with van der Waals surface area (Å²) in [6.45, 7) is 3.59. The van der Waals surface area contributed by atoms with Crippen molar-refractivity contribution in [3.63, 3.8) is 0 Å². The summed E-state index contributed by atoms with van der Waals surface area (Å²) < 4.78 is 0. The second kappa shape index (κ2) is 5.27. The predicted octanol–water partition coefficient (Wildman–Crippen LogP) is 1.13. The van der Waals surface area contributed by atoms with E-state index in [0.717, 1.165) is 18.5 Å². The van der Waals surface area contributed by atoms with Gasteiger partial charge in [-0.3, -0.25) is 9.78 Å². The van der Waals surface area contributed by atoms with Crippen LogP contribution in [0.25, 0.3) is 0 Å². The van der Waals surface area contributed by atoms with Crippen molar-refractivity contribution in [2.75, 3.05) is 13.1 Å². The first-order valence-corrected chi connectivity index (χ1v) is 6.10. The largest absolute Gasteiger partial charge is 0.341 e. The maximum Gasteiger partial charge on any atom is 0.223 e. The van der Waals surface area contributed by atoms with Crippen LogP contribution in [-0.2, 0) is 4.79 Å². The fourth-order valence-corrected chi connectivity index (χ4v) is 2.21. The number of amides is 1. The number of aromatic nitrogens is 1. The Morgan fingerprint density at radius 1 is 1.59 bits per heavy atom. The third-order valence-electron chi connectivity index (χ3n) is 3.33. The molecule has 2 heterocycles. The molecule has 1 aliphatic heterocycles. The molecule has 1 aromatic rings. The summed E-state index contributed by atoms with van der Waals surface area (Å²) in [6.07, 6.45) is 5.01. The number of rotatable bonds is 3. The summed E-state index contributed by atoms with van der Waals surface area (Å²) in [6, 6.07) is 4.09. The number of hydrogen-bond acceptors (Lipinski definition) is 3. The molecule has 0 saturated carbocycles. The van der Waals surface area contributed by atoms with E-state index in [4.69, 9.17) is 5.73 Å². The maximum absolute atomic E-state index is 12.0. The van der Waals surface area contributed by atoms with Gasteiger partial charge in [0.05, 0.1) is 0 Å². The highest BCUT2D eigenvalue weighted by Crippen LogP contribution is 2.20. The van der Waals surface area contributed by atoms with Gasteiger partial charge in [0.1, 0.15) is 0 Å². The van der Waals surface area contributed by atoms with E-state index in [1.807, 2.05) is 17.0 Å². The van der Waals surface area contributed by atoms with Gasteiger partial charge < -0.3 is 10.6 Å². The van der Waals surface area contributed by atoms with Crippen molar-refractivity contribution in [3.8, 4) is 0 Å². The average molecular weight is 233 g/mol. The topological polar surface area (TPSA) is 59.2 Å². The zero-order valence-electron chi connectivity index (χ0n) is 10.2. The van der Waals surface area contributed by atoms with Gasteiger partial charge in [-0.2, -0.15) is 0 Å². The van der Waals surface area contributed by atoms with Crippen LogP contribution in [0.3, 0.4) is 0 Å². The monoisotopic (exact) mass is 233 g/mol. The first-order valence-electron chi connectivity index (χ1n) is 6.10. The van der Waals surface area contributed by atoms with Gasteiger partial charge in [-0.05, 0) is 30.0 Å². The van der Waals surface area contributed by atoms with E-state index in [2.05, 4.69) is 11.9 Å². The fraction of sp³-hybridized carbons (Fsp3) is 0.538. The lowest BCUT2D eigenvalue weighted by molar-refractivity contribution is -0.130. The molecule has 1 fully saturated rings. The first kappa shape index (κ1) is 12.0. The molecule has 0 aromatic carbocycles. The number of nitrogens with zero attached hydrogens (tertiary/aromatic N) is 2. The molecule has 0 bridgehead atoms. The van der Waals surface area contributed by atoms with Crippen molar-refractivity contribution in [2.24, 2.45) is 5.73 Å². The van der Waals surface area contributed by atoms with Gasteiger partial charge in [-0.1, -0.05) is 6.92 Å². The zero-order chi connectivity index (χ0) is 12.3. The third kappa shape index (κ3) is 3.03. The van der Waals surface area contributed by atoms with Crippen molar-refractivity contribution in [3.05, 3.63) is 30.1 Å². The molecule has 0 radical (unpaired) electrons. The van der Waals surface area contributed by atoms with E-state index in [-0.39, 0.29) is 17.9 Å². The summed E-state index contributed by atoms with van der Waals surface area (Å²) in [7, 11) is 0. The number of likely N-dealkylation sites (tertiary alicyclic amines) is 1. The van der Waals surface area contributed by atoms with Crippen molar-refractivity contribution < 1.29 is 4.79 Å². The number of nitrogens with two attached hydrogens (primary N) is 1. The van der Waals surface area contributed by atoms with Crippen LogP contribution in [-0.4, -0.2) is 34.9 Å². The Kier molecular flexibility index (Phi) is 3.74. The molecular formula is C13H19N3O. The number of carbonyl (C=O) groups excluding carboxylic acids is 1. The minimum Gasteiger partial charge on any atom is -0.341 e. The molecule has 2 N–H and O–H groups in total. The van der Waals surface area contributed by atoms with Crippen LogP contribution in [0, 0.1) is 0 Å². The molecular weight excluding hydrogens is 214 g/mol. The van der Waals surface area contributed by atoms with Crippen molar-refractivity contribution in [2.45, 2.75) is 31.7 Å². The highest BCUT2D eigenvalue weighted by Gasteiger charge is 2.24. The van der Waals surface area contributed by atoms with Gasteiger partial charge in [-0.15, -0.1) is 0 Å². The summed E-state index contributed by atoms with van der Waals surface area (Å²) in [5, 5.41) is 0. The van der Waals surface area contributed by atoms with Gasteiger partial charge in [0.25, 0.3) is 0 Å². The molecule has 92 valence electrons. The third-order valence-corrected chi connectivity index (χ3v) is 3.33. The molecule has 1 aromatic heterocycles. The summed E-state index contributed by atoms with van der Waals surface area (Å²) in [4.78, 5) is 17.9.